The molecule has 1 heterocycles. The molecular weight excluding hydrogens is 278 g/mol. The molecule has 0 N–H and O–H groups in total. The van der Waals surface area contributed by atoms with Gasteiger partial charge in [0.2, 0.25) is 0 Å². The maximum absolute atomic E-state index is 11.5. The van der Waals surface area contributed by atoms with Crippen molar-refractivity contribution in [3.63, 3.8) is 0 Å². The van der Waals surface area contributed by atoms with E-state index < -0.39 is 0 Å². The van der Waals surface area contributed by atoms with E-state index in [-0.39, 0.29) is 16.0 Å². The summed E-state index contributed by atoms with van der Waals surface area (Å²) in [5.74, 6) is 0. The monoisotopic (exact) mass is 305 g/mol. The quantitative estimate of drug-likeness (QED) is 0.634. The van der Waals surface area contributed by atoms with Crippen molar-refractivity contribution in [2.75, 3.05) is 32.1 Å². The maximum atomic E-state index is 11.5. The van der Waals surface area contributed by atoms with E-state index in [1.54, 1.807) is 6.07 Å². The average molecular weight is 305 g/mol. The Morgan fingerprint density at radius 2 is 1.82 bits per heavy atom. The molecule has 0 aromatic heterocycles. The third-order valence-electron chi connectivity index (χ3n) is 4.57. The van der Waals surface area contributed by atoms with E-state index in [1.807, 2.05) is 12.1 Å². The van der Waals surface area contributed by atoms with E-state index in [4.69, 9.17) is 0 Å². The zero-order chi connectivity index (χ0) is 16.5. The SMILES string of the molecule is CN(C)C1CCN(c2ccc(C(C)(C)C)cc2[N+](=O)[O-])CC1. The number of hydrogen-bond donors (Lipinski definition) is 0. The van der Waals surface area contributed by atoms with Crippen molar-refractivity contribution < 1.29 is 4.92 Å². The number of hydrogen-bond acceptors (Lipinski definition) is 4. The Morgan fingerprint density at radius 1 is 1.23 bits per heavy atom. The molecule has 0 bridgehead atoms. The second-order valence-corrected chi connectivity index (χ2v) is 7.39. The van der Waals surface area contributed by atoms with Crippen LogP contribution in [-0.2, 0) is 5.41 Å². The zero-order valence-electron chi connectivity index (χ0n) is 14.3. The van der Waals surface area contributed by atoms with Gasteiger partial charge < -0.3 is 9.80 Å². The summed E-state index contributed by atoms with van der Waals surface area (Å²) in [7, 11) is 4.20. The minimum absolute atomic E-state index is 0.0821. The summed E-state index contributed by atoms with van der Waals surface area (Å²) in [5, 5.41) is 11.5. The van der Waals surface area contributed by atoms with Gasteiger partial charge in [-0.05, 0) is 44.0 Å². The first-order valence-corrected chi connectivity index (χ1v) is 7.90. The molecule has 22 heavy (non-hydrogen) atoms. The van der Waals surface area contributed by atoms with Gasteiger partial charge in [0.05, 0.1) is 4.92 Å². The molecule has 1 aliphatic rings. The molecule has 5 nitrogen and oxygen atoms in total. The van der Waals surface area contributed by atoms with Crippen molar-refractivity contribution in [3.8, 4) is 0 Å². The lowest BCUT2D eigenvalue weighted by atomic mass is 9.86. The van der Waals surface area contributed by atoms with Gasteiger partial charge in [0, 0.05) is 25.2 Å². The number of benzene rings is 1. The summed E-state index contributed by atoms with van der Waals surface area (Å²) in [4.78, 5) is 15.6. The smallest absolute Gasteiger partial charge is 0.292 e. The predicted octanol–water partition coefficient (Wildman–Crippen LogP) is 3.42. The lowest BCUT2D eigenvalue weighted by molar-refractivity contribution is -0.384. The third-order valence-corrected chi connectivity index (χ3v) is 4.57. The summed E-state index contributed by atoms with van der Waals surface area (Å²) < 4.78 is 0. The van der Waals surface area contributed by atoms with Crippen LogP contribution in [0.3, 0.4) is 0 Å². The first kappa shape index (κ1) is 16.7. The summed E-state index contributed by atoms with van der Waals surface area (Å²) in [6, 6.07) is 6.27. The molecule has 1 aliphatic heterocycles. The number of nitro groups is 1. The lowest BCUT2D eigenvalue weighted by Gasteiger charge is -2.36. The van der Waals surface area contributed by atoms with Crippen molar-refractivity contribution in [1.29, 1.82) is 0 Å². The highest BCUT2D eigenvalue weighted by molar-refractivity contribution is 5.65. The number of nitro benzene ring substituents is 1. The van der Waals surface area contributed by atoms with Crippen LogP contribution in [0.4, 0.5) is 11.4 Å². The molecule has 0 saturated carbocycles. The van der Waals surface area contributed by atoms with Crippen molar-refractivity contribution in [2.24, 2.45) is 0 Å². The Hall–Kier alpha value is -1.62. The van der Waals surface area contributed by atoms with Crippen molar-refractivity contribution >= 4 is 11.4 Å². The number of rotatable bonds is 3. The van der Waals surface area contributed by atoms with E-state index >= 15 is 0 Å². The summed E-state index contributed by atoms with van der Waals surface area (Å²) in [5.41, 5.74) is 1.92. The van der Waals surface area contributed by atoms with Crippen LogP contribution in [0, 0.1) is 10.1 Å². The molecule has 1 aromatic rings. The molecule has 0 atom stereocenters. The van der Waals surface area contributed by atoms with Crippen LogP contribution >= 0.6 is 0 Å². The Morgan fingerprint density at radius 3 is 2.27 bits per heavy atom. The standard InChI is InChI=1S/C17H27N3O2/c1-17(2,3)13-6-7-15(16(12-13)20(21)22)19-10-8-14(9-11-19)18(4)5/h6-7,12,14H,8-11H2,1-5H3. The van der Waals surface area contributed by atoms with E-state index in [2.05, 4.69) is 44.7 Å². The molecule has 5 heteroatoms. The van der Waals surface area contributed by atoms with Crippen LogP contribution in [0.15, 0.2) is 18.2 Å². The molecule has 0 spiro atoms. The van der Waals surface area contributed by atoms with E-state index in [0.717, 1.165) is 37.2 Å². The van der Waals surface area contributed by atoms with Crippen molar-refractivity contribution in [1.82, 2.24) is 4.90 Å². The fourth-order valence-electron chi connectivity index (χ4n) is 3.03. The predicted molar refractivity (Wildman–Crippen MR) is 90.7 cm³/mol. The highest BCUT2D eigenvalue weighted by atomic mass is 16.6. The Balaban J connectivity index is 2.26. The fourth-order valence-corrected chi connectivity index (χ4v) is 3.03. The molecular formula is C17H27N3O2. The number of anilines is 1. The first-order chi connectivity index (χ1) is 10.2. The summed E-state index contributed by atoms with van der Waals surface area (Å²) in [6.07, 6.45) is 2.09. The number of piperidine rings is 1. The van der Waals surface area contributed by atoms with Gasteiger partial charge in [-0.1, -0.05) is 26.8 Å². The minimum Gasteiger partial charge on any atom is -0.366 e. The molecule has 0 radical (unpaired) electrons. The van der Waals surface area contributed by atoms with E-state index in [1.165, 1.54) is 0 Å². The fraction of sp³-hybridized carbons (Fsp3) is 0.647. The molecule has 1 fully saturated rings. The van der Waals surface area contributed by atoms with E-state index in [0.29, 0.717) is 6.04 Å². The largest absolute Gasteiger partial charge is 0.366 e. The molecule has 1 aromatic carbocycles. The van der Waals surface area contributed by atoms with Gasteiger partial charge in [0.15, 0.2) is 0 Å². The lowest BCUT2D eigenvalue weighted by Crippen LogP contribution is -2.42. The van der Waals surface area contributed by atoms with Gasteiger partial charge in [-0.25, -0.2) is 0 Å². The summed E-state index contributed by atoms with van der Waals surface area (Å²) in [6.45, 7) is 7.98. The Bertz CT molecular complexity index is 541. The van der Waals surface area contributed by atoms with Crippen LogP contribution in [-0.4, -0.2) is 43.0 Å². The Labute approximate surface area is 133 Å². The van der Waals surface area contributed by atoms with Crippen molar-refractivity contribution in [2.45, 2.75) is 45.1 Å². The van der Waals surface area contributed by atoms with Crippen LogP contribution in [0.2, 0.25) is 0 Å². The average Bonchev–Trinajstić information content (AvgIpc) is 2.45. The highest BCUT2D eigenvalue weighted by Gasteiger charge is 2.27. The second-order valence-electron chi connectivity index (χ2n) is 7.39. The van der Waals surface area contributed by atoms with Crippen LogP contribution < -0.4 is 4.90 Å². The molecule has 0 amide bonds. The van der Waals surface area contributed by atoms with E-state index in [9.17, 15) is 10.1 Å². The minimum atomic E-state index is -0.247. The number of nitrogens with zero attached hydrogens (tertiary/aromatic N) is 3. The van der Waals surface area contributed by atoms with Gasteiger partial charge in [0.1, 0.15) is 5.69 Å². The molecule has 2 rings (SSSR count). The first-order valence-electron chi connectivity index (χ1n) is 7.90. The van der Waals surface area contributed by atoms with Crippen LogP contribution in [0.5, 0.6) is 0 Å². The van der Waals surface area contributed by atoms with Crippen LogP contribution in [0.25, 0.3) is 0 Å². The molecule has 122 valence electrons. The molecule has 0 aliphatic carbocycles. The van der Waals surface area contributed by atoms with Gasteiger partial charge >= 0.3 is 0 Å². The maximum Gasteiger partial charge on any atom is 0.292 e. The molecule has 1 saturated heterocycles. The molecule has 0 unspecified atom stereocenters. The summed E-state index contributed by atoms with van der Waals surface area (Å²) >= 11 is 0. The van der Waals surface area contributed by atoms with Gasteiger partial charge in [0.25, 0.3) is 5.69 Å². The Kier molecular flexibility index (Phi) is 4.75. The third kappa shape index (κ3) is 3.58. The highest BCUT2D eigenvalue weighted by Crippen LogP contribution is 2.35. The van der Waals surface area contributed by atoms with Crippen LogP contribution in [0.1, 0.15) is 39.2 Å². The zero-order valence-corrected chi connectivity index (χ0v) is 14.3. The van der Waals surface area contributed by atoms with Gasteiger partial charge in [-0.3, -0.25) is 10.1 Å². The van der Waals surface area contributed by atoms with Gasteiger partial charge in [-0.15, -0.1) is 0 Å². The van der Waals surface area contributed by atoms with Crippen molar-refractivity contribution in [3.05, 3.63) is 33.9 Å². The van der Waals surface area contributed by atoms with Gasteiger partial charge in [-0.2, -0.15) is 0 Å². The second kappa shape index (κ2) is 6.24. The topological polar surface area (TPSA) is 49.6 Å². The normalized spacial score (nSPS) is 17.1.